The largest absolute Gasteiger partial charge is 0.363 e. The van der Waals surface area contributed by atoms with Crippen LogP contribution >= 0.6 is 69.6 Å². The van der Waals surface area contributed by atoms with Crippen LogP contribution in [0.5, 0.6) is 0 Å². The van der Waals surface area contributed by atoms with E-state index in [0.29, 0.717) is 0 Å². The Hall–Kier alpha value is 1.18. The molecular formula is C12H8Cl6O. The van der Waals surface area contributed by atoms with Crippen LogP contribution in [0.4, 0.5) is 0 Å². The molecule has 2 aliphatic heterocycles. The standard InChI is InChI=1S/C12H8Cl6O/c1-9-3-2-4(19-9)5-6(9)11(16)8(14)7(13)10(5,15)12(11,17)18/h2-6H,1H3/t4-,5-,6-,9+,10-,11+/m0/s1. The molecule has 0 aromatic rings. The van der Waals surface area contributed by atoms with Gasteiger partial charge in [0.25, 0.3) is 0 Å². The Labute approximate surface area is 140 Å². The highest BCUT2D eigenvalue weighted by atomic mass is 35.5. The fraction of sp³-hybridized carbons (Fsp3) is 0.667. The van der Waals surface area contributed by atoms with Crippen LogP contribution in [0.2, 0.25) is 0 Å². The van der Waals surface area contributed by atoms with Crippen LogP contribution in [0, 0.1) is 11.8 Å². The van der Waals surface area contributed by atoms with Crippen molar-refractivity contribution < 1.29 is 4.74 Å². The normalized spacial score (nSPS) is 60.3. The van der Waals surface area contributed by atoms with Gasteiger partial charge < -0.3 is 4.74 Å². The van der Waals surface area contributed by atoms with Gasteiger partial charge in [-0.25, -0.2) is 0 Å². The summed E-state index contributed by atoms with van der Waals surface area (Å²) in [5.74, 6) is -0.397. The SMILES string of the molecule is C[C@]12C=C[C@H](O1)[C@H]1[C@@H]2[C@@]2(Cl)C(Cl)=C(Cl)[C@]1(Cl)C2(Cl)Cl. The Kier molecular flexibility index (Phi) is 2.47. The second-order valence-corrected chi connectivity index (χ2v) is 9.03. The van der Waals surface area contributed by atoms with Crippen LogP contribution in [-0.2, 0) is 4.74 Å². The number of allylic oxidation sites excluding steroid dienone is 2. The number of fused-ring (bicyclic) bond motifs is 9. The summed E-state index contributed by atoms with van der Waals surface area (Å²) in [6.45, 7) is 1.95. The molecule has 0 amide bonds. The number of hydrogen-bond donors (Lipinski definition) is 0. The molecule has 19 heavy (non-hydrogen) atoms. The van der Waals surface area contributed by atoms with Crippen LogP contribution in [0.1, 0.15) is 6.92 Å². The first-order valence-electron chi connectivity index (χ1n) is 5.81. The predicted octanol–water partition coefficient (Wildman–Crippen LogP) is 4.79. The molecule has 1 saturated carbocycles. The molecular weight excluding hydrogens is 373 g/mol. The highest BCUT2D eigenvalue weighted by molar-refractivity contribution is 6.65. The van der Waals surface area contributed by atoms with E-state index in [2.05, 4.69) is 0 Å². The molecule has 1 saturated heterocycles. The maximum Gasteiger partial charge on any atom is 0.167 e. The minimum atomic E-state index is -1.47. The van der Waals surface area contributed by atoms with Gasteiger partial charge in [-0.05, 0) is 6.92 Å². The van der Waals surface area contributed by atoms with E-state index in [1.165, 1.54) is 0 Å². The van der Waals surface area contributed by atoms with Gasteiger partial charge >= 0.3 is 0 Å². The smallest absolute Gasteiger partial charge is 0.167 e. The van der Waals surface area contributed by atoms with E-state index in [-0.39, 0.29) is 28.0 Å². The lowest BCUT2D eigenvalue weighted by Gasteiger charge is -2.39. The molecule has 0 aromatic carbocycles. The van der Waals surface area contributed by atoms with Crippen molar-refractivity contribution >= 4 is 69.6 Å². The highest BCUT2D eigenvalue weighted by Crippen LogP contribution is 2.81. The Morgan fingerprint density at radius 3 is 2.26 bits per heavy atom. The Morgan fingerprint density at radius 1 is 1.05 bits per heavy atom. The van der Waals surface area contributed by atoms with Crippen molar-refractivity contribution in [2.75, 3.05) is 0 Å². The van der Waals surface area contributed by atoms with Crippen LogP contribution in [0.25, 0.3) is 0 Å². The number of hydrogen-bond acceptors (Lipinski definition) is 1. The topological polar surface area (TPSA) is 9.23 Å². The average Bonchev–Trinajstić information content (AvgIpc) is 2.92. The van der Waals surface area contributed by atoms with Crippen LogP contribution in [0.15, 0.2) is 22.2 Å². The Bertz CT molecular complexity index is 571. The summed E-state index contributed by atoms with van der Waals surface area (Å²) in [5, 5.41) is 0.480. The number of rotatable bonds is 0. The first kappa shape index (κ1) is 13.8. The van der Waals surface area contributed by atoms with E-state index in [0.717, 1.165) is 0 Å². The van der Waals surface area contributed by atoms with Crippen molar-refractivity contribution in [2.24, 2.45) is 11.8 Å². The minimum Gasteiger partial charge on any atom is -0.363 e. The molecule has 2 heterocycles. The Balaban J connectivity index is 2.05. The van der Waals surface area contributed by atoms with Gasteiger partial charge in [-0.3, -0.25) is 0 Å². The van der Waals surface area contributed by atoms with Crippen molar-refractivity contribution in [3.05, 3.63) is 22.2 Å². The van der Waals surface area contributed by atoms with Crippen LogP contribution in [0.3, 0.4) is 0 Å². The summed E-state index contributed by atoms with van der Waals surface area (Å²) < 4.78 is 4.52. The van der Waals surface area contributed by atoms with E-state index in [1.54, 1.807) is 0 Å². The fourth-order valence-corrected chi connectivity index (χ4v) is 7.34. The maximum absolute atomic E-state index is 6.77. The zero-order valence-electron chi connectivity index (χ0n) is 9.56. The predicted molar refractivity (Wildman–Crippen MR) is 79.7 cm³/mol. The lowest BCUT2D eigenvalue weighted by atomic mass is 9.70. The molecule has 4 rings (SSSR count). The summed E-state index contributed by atoms with van der Waals surface area (Å²) in [7, 11) is 0. The molecule has 2 fully saturated rings. The lowest BCUT2D eigenvalue weighted by molar-refractivity contribution is 0.0178. The zero-order valence-corrected chi connectivity index (χ0v) is 14.1. The molecule has 0 radical (unpaired) electrons. The monoisotopic (exact) mass is 378 g/mol. The number of halogens is 6. The zero-order chi connectivity index (χ0) is 14.0. The summed E-state index contributed by atoms with van der Waals surface area (Å²) in [4.78, 5) is -2.44. The van der Waals surface area contributed by atoms with Gasteiger partial charge in [0.2, 0.25) is 0 Å². The second-order valence-electron chi connectivity index (χ2n) is 5.75. The summed E-state index contributed by atoms with van der Waals surface area (Å²) in [6, 6.07) is 0. The first-order chi connectivity index (χ1) is 8.62. The molecule has 7 heteroatoms. The van der Waals surface area contributed by atoms with Gasteiger partial charge in [-0.15, -0.1) is 23.2 Å². The van der Waals surface area contributed by atoms with Crippen molar-refractivity contribution in [3.8, 4) is 0 Å². The molecule has 6 atom stereocenters. The average molecular weight is 381 g/mol. The van der Waals surface area contributed by atoms with Crippen LogP contribution < -0.4 is 0 Å². The minimum absolute atomic E-state index is 0.188. The van der Waals surface area contributed by atoms with Crippen LogP contribution in [-0.4, -0.2) is 25.8 Å². The second kappa shape index (κ2) is 3.40. The van der Waals surface area contributed by atoms with Crippen molar-refractivity contribution in [1.29, 1.82) is 0 Å². The summed E-state index contributed by atoms with van der Waals surface area (Å²) in [6.07, 6.45) is 3.75. The van der Waals surface area contributed by atoms with Crippen molar-refractivity contribution in [2.45, 2.75) is 32.7 Å². The molecule has 0 aromatic heterocycles. The lowest BCUT2D eigenvalue weighted by Crippen LogP contribution is -2.49. The van der Waals surface area contributed by atoms with E-state index in [9.17, 15) is 0 Å². The molecule has 104 valence electrons. The van der Waals surface area contributed by atoms with Gasteiger partial charge in [0.1, 0.15) is 9.75 Å². The third-order valence-electron chi connectivity index (χ3n) is 4.97. The van der Waals surface area contributed by atoms with Gasteiger partial charge in [0, 0.05) is 11.8 Å². The molecule has 4 aliphatic rings. The Morgan fingerprint density at radius 2 is 1.63 bits per heavy atom. The molecule has 1 nitrogen and oxygen atoms in total. The first-order valence-corrected chi connectivity index (χ1v) is 8.08. The van der Waals surface area contributed by atoms with Crippen molar-refractivity contribution in [1.82, 2.24) is 0 Å². The van der Waals surface area contributed by atoms with E-state index >= 15 is 0 Å². The van der Waals surface area contributed by atoms with Crippen molar-refractivity contribution in [3.63, 3.8) is 0 Å². The molecule has 0 N–H and O–H groups in total. The molecule has 2 aliphatic carbocycles. The van der Waals surface area contributed by atoms with E-state index in [1.807, 2.05) is 19.1 Å². The van der Waals surface area contributed by atoms with Gasteiger partial charge in [-0.1, -0.05) is 58.6 Å². The maximum atomic E-state index is 6.77. The third kappa shape index (κ3) is 1.09. The summed E-state index contributed by atoms with van der Waals surface area (Å²) >= 11 is 39.2. The quantitative estimate of drug-likeness (QED) is 0.433. The van der Waals surface area contributed by atoms with E-state index < -0.39 is 19.7 Å². The molecule has 0 unspecified atom stereocenters. The summed E-state index contributed by atoms with van der Waals surface area (Å²) in [5.41, 5.74) is -0.569. The molecule has 4 bridgehead atoms. The fourth-order valence-electron chi connectivity index (χ4n) is 4.22. The highest BCUT2D eigenvalue weighted by Gasteiger charge is 2.87. The molecule has 0 spiro atoms. The van der Waals surface area contributed by atoms with E-state index in [4.69, 9.17) is 74.3 Å². The third-order valence-corrected chi connectivity index (χ3v) is 9.25. The van der Waals surface area contributed by atoms with Gasteiger partial charge in [-0.2, -0.15) is 0 Å². The van der Waals surface area contributed by atoms with Gasteiger partial charge in [0.05, 0.1) is 21.8 Å². The number of ether oxygens (including phenoxy) is 1. The van der Waals surface area contributed by atoms with Gasteiger partial charge in [0.15, 0.2) is 4.33 Å². The number of alkyl halides is 4.